The highest BCUT2D eigenvalue weighted by atomic mass is 35.5. The summed E-state index contributed by atoms with van der Waals surface area (Å²) in [5.74, 6) is 0.486. The van der Waals surface area contributed by atoms with Crippen molar-refractivity contribution >= 4 is 17.2 Å². The molecule has 0 saturated heterocycles. The van der Waals surface area contributed by atoms with Gasteiger partial charge in [0.15, 0.2) is 10.8 Å². The Labute approximate surface area is 85.4 Å². The van der Waals surface area contributed by atoms with Gasteiger partial charge < -0.3 is 10.5 Å². The van der Waals surface area contributed by atoms with Crippen molar-refractivity contribution in [1.82, 2.24) is 14.6 Å². The van der Waals surface area contributed by atoms with Crippen LogP contribution in [0.15, 0.2) is 12.1 Å². The summed E-state index contributed by atoms with van der Waals surface area (Å²) in [6.07, 6.45) is 0. The zero-order chi connectivity index (χ0) is 10.1. The van der Waals surface area contributed by atoms with Crippen LogP contribution in [-0.4, -0.2) is 21.7 Å². The van der Waals surface area contributed by atoms with Gasteiger partial charge in [0.2, 0.25) is 5.88 Å². The van der Waals surface area contributed by atoms with E-state index in [9.17, 15) is 0 Å². The fourth-order valence-electron chi connectivity index (χ4n) is 1.17. The number of rotatable bonds is 2. The maximum Gasteiger partial charge on any atom is 0.231 e. The molecule has 0 atom stereocenters. The van der Waals surface area contributed by atoms with Crippen molar-refractivity contribution < 1.29 is 4.74 Å². The third-order valence-electron chi connectivity index (χ3n) is 1.87. The molecule has 0 aliphatic heterocycles. The second kappa shape index (κ2) is 3.43. The van der Waals surface area contributed by atoms with Gasteiger partial charge in [-0.25, -0.2) is 4.98 Å². The van der Waals surface area contributed by atoms with Crippen molar-refractivity contribution in [1.29, 1.82) is 0 Å². The quantitative estimate of drug-likeness (QED) is 0.802. The zero-order valence-electron chi connectivity index (χ0n) is 7.57. The lowest BCUT2D eigenvalue weighted by molar-refractivity contribution is 0.390. The third kappa shape index (κ3) is 1.30. The molecule has 2 rings (SSSR count). The second-order valence-corrected chi connectivity index (χ2v) is 3.06. The van der Waals surface area contributed by atoms with E-state index >= 15 is 0 Å². The first kappa shape index (κ1) is 9.23. The number of nitrogens with zero attached hydrogens (tertiary/aromatic N) is 3. The molecule has 0 saturated carbocycles. The molecule has 5 nitrogen and oxygen atoms in total. The van der Waals surface area contributed by atoms with Crippen molar-refractivity contribution in [3.05, 3.63) is 23.0 Å². The minimum absolute atomic E-state index is 0.296. The van der Waals surface area contributed by atoms with E-state index in [0.717, 1.165) is 0 Å². The van der Waals surface area contributed by atoms with E-state index in [2.05, 4.69) is 10.1 Å². The van der Waals surface area contributed by atoms with Crippen molar-refractivity contribution in [2.45, 2.75) is 6.54 Å². The highest BCUT2D eigenvalue weighted by molar-refractivity contribution is 6.30. The van der Waals surface area contributed by atoms with E-state index in [-0.39, 0.29) is 0 Å². The highest BCUT2D eigenvalue weighted by Crippen LogP contribution is 2.18. The van der Waals surface area contributed by atoms with Crippen LogP contribution in [0.25, 0.3) is 5.65 Å². The van der Waals surface area contributed by atoms with E-state index in [4.69, 9.17) is 22.1 Å². The Bertz CT molecular complexity index is 468. The van der Waals surface area contributed by atoms with Crippen LogP contribution in [0.1, 0.15) is 5.69 Å². The Morgan fingerprint density at radius 2 is 2.36 bits per heavy atom. The molecule has 0 aliphatic rings. The zero-order valence-corrected chi connectivity index (χ0v) is 8.32. The Hall–Kier alpha value is -1.33. The maximum atomic E-state index is 5.99. The lowest BCUT2D eigenvalue weighted by atomic mass is 10.5. The smallest absolute Gasteiger partial charge is 0.231 e. The van der Waals surface area contributed by atoms with Gasteiger partial charge in [0.25, 0.3) is 0 Å². The highest BCUT2D eigenvalue weighted by Gasteiger charge is 2.09. The molecule has 0 radical (unpaired) electrons. The summed E-state index contributed by atoms with van der Waals surface area (Å²) < 4.78 is 6.47. The maximum absolute atomic E-state index is 5.99. The first-order valence-corrected chi connectivity index (χ1v) is 4.42. The molecule has 0 fully saturated rings. The molecule has 2 heterocycles. The lowest BCUT2D eigenvalue weighted by Crippen LogP contribution is -1.98. The monoisotopic (exact) mass is 212 g/mol. The van der Waals surface area contributed by atoms with Gasteiger partial charge in [0.05, 0.1) is 12.8 Å². The summed E-state index contributed by atoms with van der Waals surface area (Å²) in [7, 11) is 1.54. The van der Waals surface area contributed by atoms with Gasteiger partial charge in [-0.1, -0.05) is 11.6 Å². The van der Waals surface area contributed by atoms with Crippen molar-refractivity contribution in [3.8, 4) is 5.88 Å². The summed E-state index contributed by atoms with van der Waals surface area (Å²) >= 11 is 5.99. The molecule has 0 unspecified atom stereocenters. The molecule has 0 bridgehead atoms. The molecular formula is C8H9ClN4O. The van der Waals surface area contributed by atoms with Crippen molar-refractivity contribution in [2.24, 2.45) is 5.73 Å². The van der Waals surface area contributed by atoms with Gasteiger partial charge in [0.1, 0.15) is 0 Å². The minimum atomic E-state index is 0.296. The topological polar surface area (TPSA) is 65.4 Å². The van der Waals surface area contributed by atoms with Crippen LogP contribution < -0.4 is 10.5 Å². The Morgan fingerprint density at radius 1 is 1.57 bits per heavy atom. The number of ether oxygens (including phenoxy) is 1. The molecule has 2 aromatic heterocycles. The van der Waals surface area contributed by atoms with Crippen LogP contribution in [0.3, 0.4) is 0 Å². The van der Waals surface area contributed by atoms with Gasteiger partial charge in [-0.15, -0.1) is 5.10 Å². The average molecular weight is 213 g/mol. The number of hydrogen-bond donors (Lipinski definition) is 1. The number of fused-ring (bicyclic) bond motifs is 1. The summed E-state index contributed by atoms with van der Waals surface area (Å²) in [6, 6.07) is 3.50. The number of hydrogen-bond acceptors (Lipinski definition) is 4. The average Bonchev–Trinajstić information content (AvgIpc) is 2.55. The molecular weight excluding hydrogens is 204 g/mol. The second-order valence-electron chi connectivity index (χ2n) is 2.70. The Morgan fingerprint density at radius 3 is 3.00 bits per heavy atom. The molecule has 14 heavy (non-hydrogen) atoms. The third-order valence-corrected chi connectivity index (χ3v) is 2.24. The van der Waals surface area contributed by atoms with E-state index in [1.165, 1.54) is 4.52 Å². The van der Waals surface area contributed by atoms with E-state index < -0.39 is 0 Å². The summed E-state index contributed by atoms with van der Waals surface area (Å²) in [5, 5.41) is 4.54. The number of nitrogens with two attached hydrogens (primary N) is 1. The normalized spacial score (nSPS) is 10.8. The van der Waals surface area contributed by atoms with Crippen LogP contribution in [0.5, 0.6) is 5.88 Å². The number of aromatic nitrogens is 3. The molecule has 0 aliphatic carbocycles. The van der Waals surface area contributed by atoms with Gasteiger partial charge in [-0.3, -0.25) is 0 Å². The molecule has 6 heteroatoms. The number of imidazole rings is 1. The van der Waals surface area contributed by atoms with Gasteiger partial charge >= 0.3 is 0 Å². The Kier molecular flexibility index (Phi) is 2.26. The van der Waals surface area contributed by atoms with E-state index in [1.807, 2.05) is 0 Å². The van der Waals surface area contributed by atoms with E-state index in [0.29, 0.717) is 28.9 Å². The minimum Gasteiger partial charge on any atom is -0.480 e. The molecule has 2 aromatic rings. The fraction of sp³-hybridized carbons (Fsp3) is 0.250. The van der Waals surface area contributed by atoms with Crippen LogP contribution in [0.4, 0.5) is 0 Å². The molecule has 74 valence electrons. The van der Waals surface area contributed by atoms with Crippen molar-refractivity contribution in [2.75, 3.05) is 7.11 Å². The largest absolute Gasteiger partial charge is 0.480 e. The molecule has 2 N–H and O–H groups in total. The summed E-state index contributed by atoms with van der Waals surface area (Å²) in [6.45, 7) is 0.296. The van der Waals surface area contributed by atoms with Crippen LogP contribution >= 0.6 is 11.6 Å². The van der Waals surface area contributed by atoms with Gasteiger partial charge in [0, 0.05) is 12.6 Å². The first-order valence-electron chi connectivity index (χ1n) is 4.04. The van der Waals surface area contributed by atoms with Crippen molar-refractivity contribution in [3.63, 3.8) is 0 Å². The standard InChI is InChI=1S/C8H9ClN4O/c1-14-7-3-2-6-11-5(4-10)8(9)13(6)12-7/h2-3H,4,10H2,1H3. The Balaban J connectivity index is 2.68. The van der Waals surface area contributed by atoms with Gasteiger partial charge in [-0.05, 0) is 6.07 Å². The molecule has 0 aromatic carbocycles. The lowest BCUT2D eigenvalue weighted by Gasteiger charge is -1.98. The molecule has 0 amide bonds. The van der Waals surface area contributed by atoms with E-state index in [1.54, 1.807) is 19.2 Å². The first-order chi connectivity index (χ1) is 6.76. The SMILES string of the molecule is COc1ccc2nc(CN)c(Cl)n2n1. The number of methoxy groups -OCH3 is 1. The summed E-state index contributed by atoms with van der Waals surface area (Å²) in [4.78, 5) is 4.19. The summed E-state index contributed by atoms with van der Waals surface area (Å²) in [5.41, 5.74) is 6.76. The van der Waals surface area contributed by atoms with Crippen LogP contribution in [0.2, 0.25) is 5.15 Å². The van der Waals surface area contributed by atoms with Gasteiger partial charge in [-0.2, -0.15) is 4.52 Å². The predicted molar refractivity (Wildman–Crippen MR) is 52.4 cm³/mol. The van der Waals surface area contributed by atoms with Crippen LogP contribution in [0, 0.1) is 0 Å². The number of halogens is 1. The predicted octanol–water partition coefficient (Wildman–Crippen LogP) is 0.850. The van der Waals surface area contributed by atoms with Crippen LogP contribution in [-0.2, 0) is 6.54 Å². The fourth-order valence-corrected chi connectivity index (χ4v) is 1.42. The molecule has 0 spiro atoms.